The minimum absolute atomic E-state index is 0.110. The van der Waals surface area contributed by atoms with Gasteiger partial charge in [-0.15, -0.1) is 0 Å². The maximum absolute atomic E-state index is 12.0. The summed E-state index contributed by atoms with van der Waals surface area (Å²) in [5.74, 6) is 0.968. The zero-order chi connectivity index (χ0) is 14.9. The lowest BCUT2D eigenvalue weighted by Gasteiger charge is -2.19. The molecule has 1 fully saturated rings. The third kappa shape index (κ3) is 5.76. The van der Waals surface area contributed by atoms with Gasteiger partial charge in [0.1, 0.15) is 5.75 Å². The smallest absolute Gasteiger partial charge is 0.234 e. The summed E-state index contributed by atoms with van der Waals surface area (Å²) < 4.78 is 5.47. The van der Waals surface area contributed by atoms with E-state index in [1.165, 1.54) is 25.7 Å². The van der Waals surface area contributed by atoms with Crippen molar-refractivity contribution >= 4 is 5.91 Å². The Morgan fingerprint density at radius 2 is 2.00 bits per heavy atom. The predicted octanol–water partition coefficient (Wildman–Crippen LogP) is 2.58. The Kier molecular flexibility index (Phi) is 6.54. The van der Waals surface area contributed by atoms with E-state index in [9.17, 15) is 4.79 Å². The summed E-state index contributed by atoms with van der Waals surface area (Å²) in [5.41, 5.74) is 1.07. The molecule has 0 unspecified atom stereocenters. The van der Waals surface area contributed by atoms with Crippen LogP contribution < -0.4 is 10.1 Å². The van der Waals surface area contributed by atoms with Gasteiger partial charge in [-0.05, 0) is 50.6 Å². The second kappa shape index (κ2) is 8.67. The molecule has 1 aliphatic rings. The number of amides is 1. The van der Waals surface area contributed by atoms with Crippen molar-refractivity contribution in [2.75, 3.05) is 26.2 Å². The van der Waals surface area contributed by atoms with E-state index < -0.39 is 0 Å². The van der Waals surface area contributed by atoms with Crippen LogP contribution in [0.25, 0.3) is 0 Å². The topological polar surface area (TPSA) is 41.6 Å². The molecule has 1 aliphatic heterocycles. The van der Waals surface area contributed by atoms with Crippen LogP contribution in [0.2, 0.25) is 0 Å². The van der Waals surface area contributed by atoms with Gasteiger partial charge in [0.05, 0.1) is 13.2 Å². The van der Waals surface area contributed by atoms with Crippen molar-refractivity contribution in [3.63, 3.8) is 0 Å². The summed E-state index contributed by atoms with van der Waals surface area (Å²) in [6.07, 6.45) is 5.01. The number of hydrogen-bond acceptors (Lipinski definition) is 3. The van der Waals surface area contributed by atoms with Crippen LogP contribution in [0, 0.1) is 0 Å². The number of ether oxygens (including phenoxy) is 1. The number of hydrogen-bond donors (Lipinski definition) is 1. The molecule has 4 nitrogen and oxygen atoms in total. The van der Waals surface area contributed by atoms with Crippen LogP contribution in [0.5, 0.6) is 5.75 Å². The Balaban J connectivity index is 1.76. The number of benzene rings is 1. The van der Waals surface area contributed by atoms with Crippen molar-refractivity contribution in [2.24, 2.45) is 0 Å². The van der Waals surface area contributed by atoms with Crippen molar-refractivity contribution in [2.45, 2.75) is 39.2 Å². The van der Waals surface area contributed by atoms with Crippen LogP contribution in [0.4, 0.5) is 0 Å². The fourth-order valence-electron chi connectivity index (χ4n) is 2.67. The average molecular weight is 290 g/mol. The van der Waals surface area contributed by atoms with Crippen LogP contribution in [-0.4, -0.2) is 37.0 Å². The third-order valence-corrected chi connectivity index (χ3v) is 3.77. The monoisotopic (exact) mass is 290 g/mol. The second-order valence-electron chi connectivity index (χ2n) is 5.55. The van der Waals surface area contributed by atoms with E-state index in [1.807, 2.05) is 31.2 Å². The molecule has 2 rings (SSSR count). The normalized spacial score (nSPS) is 16.2. The molecule has 4 heteroatoms. The summed E-state index contributed by atoms with van der Waals surface area (Å²) in [6.45, 7) is 5.81. The van der Waals surface area contributed by atoms with E-state index >= 15 is 0 Å². The second-order valence-corrected chi connectivity index (χ2v) is 5.55. The first-order chi connectivity index (χ1) is 10.3. The summed E-state index contributed by atoms with van der Waals surface area (Å²) in [5, 5.41) is 3.00. The first-order valence-corrected chi connectivity index (χ1v) is 7.98. The first-order valence-electron chi connectivity index (χ1n) is 7.98. The molecule has 21 heavy (non-hydrogen) atoms. The maximum atomic E-state index is 12.0. The minimum atomic E-state index is 0.110. The lowest BCUT2D eigenvalue weighted by Crippen LogP contribution is -2.37. The Hall–Kier alpha value is -1.55. The zero-order valence-electron chi connectivity index (χ0n) is 12.9. The van der Waals surface area contributed by atoms with Gasteiger partial charge in [0, 0.05) is 6.54 Å². The van der Waals surface area contributed by atoms with Crippen molar-refractivity contribution < 1.29 is 9.53 Å². The number of carbonyl (C=O) groups excluding carboxylic acids is 1. The molecule has 1 saturated heterocycles. The van der Waals surface area contributed by atoms with Crippen LogP contribution >= 0.6 is 0 Å². The average Bonchev–Trinajstić information content (AvgIpc) is 2.75. The SMILES string of the molecule is CCOc1cccc(CNC(=O)CN2CCCCCC2)c1. The zero-order valence-corrected chi connectivity index (χ0v) is 12.9. The highest BCUT2D eigenvalue weighted by Crippen LogP contribution is 2.13. The van der Waals surface area contributed by atoms with Crippen LogP contribution in [0.15, 0.2) is 24.3 Å². The van der Waals surface area contributed by atoms with E-state index in [4.69, 9.17) is 4.74 Å². The quantitative estimate of drug-likeness (QED) is 0.875. The molecular weight excluding hydrogens is 264 g/mol. The fraction of sp³-hybridized carbons (Fsp3) is 0.588. The van der Waals surface area contributed by atoms with Crippen LogP contribution in [0.1, 0.15) is 38.2 Å². The highest BCUT2D eigenvalue weighted by atomic mass is 16.5. The van der Waals surface area contributed by atoms with E-state index in [-0.39, 0.29) is 5.91 Å². The molecule has 1 N–H and O–H groups in total. The summed E-state index contributed by atoms with van der Waals surface area (Å²) in [7, 11) is 0. The fourth-order valence-corrected chi connectivity index (χ4v) is 2.67. The standard InChI is InChI=1S/C17H26N2O2/c1-2-21-16-9-7-8-15(12-16)13-18-17(20)14-19-10-5-3-4-6-11-19/h7-9,12H,2-6,10-11,13-14H2,1H3,(H,18,20). The molecule has 1 aromatic rings. The first kappa shape index (κ1) is 15.8. The van der Waals surface area contributed by atoms with E-state index in [1.54, 1.807) is 0 Å². The molecule has 0 saturated carbocycles. The third-order valence-electron chi connectivity index (χ3n) is 3.77. The Morgan fingerprint density at radius 1 is 1.24 bits per heavy atom. The number of carbonyl (C=O) groups is 1. The lowest BCUT2D eigenvalue weighted by molar-refractivity contribution is -0.122. The van der Waals surface area contributed by atoms with Crippen molar-refractivity contribution in [3.05, 3.63) is 29.8 Å². The predicted molar refractivity (Wildman–Crippen MR) is 84.4 cm³/mol. The molecule has 116 valence electrons. The Morgan fingerprint density at radius 3 is 2.71 bits per heavy atom. The Labute approximate surface area is 127 Å². The summed E-state index contributed by atoms with van der Waals surface area (Å²) in [4.78, 5) is 14.3. The minimum Gasteiger partial charge on any atom is -0.494 e. The van der Waals surface area contributed by atoms with Gasteiger partial charge in [-0.25, -0.2) is 0 Å². The number of likely N-dealkylation sites (tertiary alicyclic amines) is 1. The molecule has 0 spiro atoms. The van der Waals surface area contributed by atoms with Gasteiger partial charge in [0.15, 0.2) is 0 Å². The van der Waals surface area contributed by atoms with Gasteiger partial charge < -0.3 is 10.1 Å². The maximum Gasteiger partial charge on any atom is 0.234 e. The van der Waals surface area contributed by atoms with Gasteiger partial charge in [0.25, 0.3) is 0 Å². The van der Waals surface area contributed by atoms with Gasteiger partial charge >= 0.3 is 0 Å². The van der Waals surface area contributed by atoms with Crippen molar-refractivity contribution in [1.29, 1.82) is 0 Å². The molecule has 1 amide bonds. The van der Waals surface area contributed by atoms with E-state index in [0.29, 0.717) is 19.7 Å². The van der Waals surface area contributed by atoms with Gasteiger partial charge in [0.2, 0.25) is 5.91 Å². The van der Waals surface area contributed by atoms with Gasteiger partial charge in [-0.2, -0.15) is 0 Å². The van der Waals surface area contributed by atoms with Crippen LogP contribution in [0.3, 0.4) is 0 Å². The number of nitrogens with one attached hydrogen (secondary N) is 1. The summed E-state index contributed by atoms with van der Waals surface area (Å²) >= 11 is 0. The van der Waals surface area contributed by atoms with Crippen LogP contribution in [-0.2, 0) is 11.3 Å². The largest absolute Gasteiger partial charge is 0.494 e. The Bertz CT molecular complexity index is 440. The van der Waals surface area contributed by atoms with Crippen molar-refractivity contribution in [3.8, 4) is 5.75 Å². The number of rotatable bonds is 6. The highest BCUT2D eigenvalue weighted by Gasteiger charge is 2.12. The lowest BCUT2D eigenvalue weighted by atomic mass is 10.2. The van der Waals surface area contributed by atoms with Gasteiger partial charge in [-0.1, -0.05) is 25.0 Å². The summed E-state index contributed by atoms with van der Waals surface area (Å²) in [6, 6.07) is 7.89. The number of nitrogens with zero attached hydrogens (tertiary/aromatic N) is 1. The molecule has 1 aromatic carbocycles. The van der Waals surface area contributed by atoms with E-state index in [0.717, 1.165) is 24.4 Å². The molecule has 1 heterocycles. The molecule has 0 aliphatic carbocycles. The molecule has 0 bridgehead atoms. The molecule has 0 atom stereocenters. The highest BCUT2D eigenvalue weighted by molar-refractivity contribution is 5.78. The molecule has 0 radical (unpaired) electrons. The van der Waals surface area contributed by atoms with Gasteiger partial charge in [-0.3, -0.25) is 9.69 Å². The molecule has 0 aromatic heterocycles. The van der Waals surface area contributed by atoms with E-state index in [2.05, 4.69) is 10.2 Å². The van der Waals surface area contributed by atoms with Crippen molar-refractivity contribution in [1.82, 2.24) is 10.2 Å². The molecular formula is C17H26N2O2.